The molecule has 1 heterocycles. The number of amides is 1. The Bertz CT molecular complexity index is 616. The summed E-state index contributed by atoms with van der Waals surface area (Å²) < 4.78 is 11.2. The van der Waals surface area contributed by atoms with Crippen LogP contribution in [0.1, 0.15) is 28.8 Å². The molecule has 0 atom stereocenters. The summed E-state index contributed by atoms with van der Waals surface area (Å²) in [7, 11) is 0. The Balaban J connectivity index is 2.00. The minimum absolute atomic E-state index is 0.212. The molecule has 1 N–H and O–H groups in total. The van der Waals surface area contributed by atoms with Gasteiger partial charge in [0.1, 0.15) is 18.1 Å². The van der Waals surface area contributed by atoms with Crippen LogP contribution in [0.2, 0.25) is 0 Å². The first-order valence-corrected chi connectivity index (χ1v) is 6.93. The highest BCUT2D eigenvalue weighted by Gasteiger charge is 2.10. The molecule has 0 aliphatic heterocycles. The average molecular weight is 285 g/mol. The Labute approximate surface area is 124 Å². The minimum atomic E-state index is -0.212. The maximum Gasteiger partial charge on any atom is 0.286 e. The standard InChI is InChI=1S/C17H19NO3/c1-3-7-13-8-5-6-9-15(13)20-12-14-10-11-16(21-14)17(19)18-4-2/h3,5-6,8-11H,1,4,7,12H2,2H3,(H,18,19). The van der Waals surface area contributed by atoms with Gasteiger partial charge in [0.15, 0.2) is 5.76 Å². The number of hydrogen-bond acceptors (Lipinski definition) is 3. The van der Waals surface area contributed by atoms with E-state index in [0.717, 1.165) is 17.7 Å². The molecule has 4 nitrogen and oxygen atoms in total. The highest BCUT2D eigenvalue weighted by atomic mass is 16.5. The van der Waals surface area contributed by atoms with Crippen molar-refractivity contribution in [2.24, 2.45) is 0 Å². The molecule has 0 spiro atoms. The largest absolute Gasteiger partial charge is 0.485 e. The van der Waals surface area contributed by atoms with Gasteiger partial charge in [0.05, 0.1) is 0 Å². The highest BCUT2D eigenvalue weighted by molar-refractivity contribution is 5.91. The lowest BCUT2D eigenvalue weighted by Crippen LogP contribution is -2.21. The van der Waals surface area contributed by atoms with Crippen LogP contribution < -0.4 is 10.1 Å². The summed E-state index contributed by atoms with van der Waals surface area (Å²) in [6, 6.07) is 11.2. The number of para-hydroxylation sites is 1. The van der Waals surface area contributed by atoms with Crippen LogP contribution in [0.15, 0.2) is 53.5 Å². The number of carbonyl (C=O) groups excluding carboxylic acids is 1. The van der Waals surface area contributed by atoms with Crippen molar-refractivity contribution in [3.63, 3.8) is 0 Å². The van der Waals surface area contributed by atoms with Gasteiger partial charge in [0, 0.05) is 6.54 Å². The average Bonchev–Trinajstić information content (AvgIpc) is 2.96. The lowest BCUT2D eigenvalue weighted by Gasteiger charge is -2.08. The Morgan fingerprint density at radius 1 is 1.33 bits per heavy atom. The summed E-state index contributed by atoms with van der Waals surface area (Å²) in [6.07, 6.45) is 2.58. The van der Waals surface area contributed by atoms with Crippen LogP contribution in [0.3, 0.4) is 0 Å². The number of nitrogens with one attached hydrogen (secondary N) is 1. The fraction of sp³-hybridized carbons (Fsp3) is 0.235. The van der Waals surface area contributed by atoms with Crippen LogP contribution in [0.25, 0.3) is 0 Å². The van der Waals surface area contributed by atoms with E-state index in [1.807, 2.05) is 37.3 Å². The number of carbonyl (C=O) groups is 1. The van der Waals surface area contributed by atoms with E-state index < -0.39 is 0 Å². The normalized spacial score (nSPS) is 10.1. The van der Waals surface area contributed by atoms with Crippen LogP contribution in [0.4, 0.5) is 0 Å². The van der Waals surface area contributed by atoms with Crippen LogP contribution in [-0.4, -0.2) is 12.5 Å². The Morgan fingerprint density at radius 2 is 2.14 bits per heavy atom. The van der Waals surface area contributed by atoms with Gasteiger partial charge in [0.2, 0.25) is 0 Å². The highest BCUT2D eigenvalue weighted by Crippen LogP contribution is 2.20. The number of rotatable bonds is 7. The number of benzene rings is 1. The summed E-state index contributed by atoms with van der Waals surface area (Å²) in [5.41, 5.74) is 1.07. The number of hydrogen-bond donors (Lipinski definition) is 1. The monoisotopic (exact) mass is 285 g/mol. The topological polar surface area (TPSA) is 51.5 Å². The maximum atomic E-state index is 11.6. The molecule has 0 bridgehead atoms. The van der Waals surface area contributed by atoms with E-state index in [0.29, 0.717) is 18.1 Å². The van der Waals surface area contributed by atoms with Gasteiger partial charge in [-0.1, -0.05) is 24.3 Å². The second-order valence-electron chi connectivity index (χ2n) is 4.51. The van der Waals surface area contributed by atoms with Crippen LogP contribution in [0, 0.1) is 0 Å². The molecule has 1 aromatic heterocycles. The van der Waals surface area contributed by atoms with Crippen LogP contribution in [0.5, 0.6) is 5.75 Å². The van der Waals surface area contributed by atoms with Crippen LogP contribution >= 0.6 is 0 Å². The molecule has 1 amide bonds. The van der Waals surface area contributed by atoms with E-state index in [-0.39, 0.29) is 12.5 Å². The zero-order valence-corrected chi connectivity index (χ0v) is 12.1. The Kier molecular flexibility index (Phi) is 5.21. The molecule has 0 saturated carbocycles. The third-order valence-electron chi connectivity index (χ3n) is 2.93. The fourth-order valence-corrected chi connectivity index (χ4v) is 1.94. The molecule has 0 fully saturated rings. The molecular formula is C17H19NO3. The Morgan fingerprint density at radius 3 is 2.90 bits per heavy atom. The molecule has 4 heteroatoms. The van der Waals surface area contributed by atoms with Crippen molar-refractivity contribution >= 4 is 5.91 Å². The minimum Gasteiger partial charge on any atom is -0.485 e. The lowest BCUT2D eigenvalue weighted by molar-refractivity contribution is 0.0924. The molecular weight excluding hydrogens is 266 g/mol. The zero-order valence-electron chi connectivity index (χ0n) is 12.1. The van der Waals surface area contributed by atoms with Crippen molar-refractivity contribution < 1.29 is 13.9 Å². The van der Waals surface area contributed by atoms with Gasteiger partial charge in [-0.15, -0.1) is 6.58 Å². The smallest absolute Gasteiger partial charge is 0.286 e. The molecule has 0 aliphatic carbocycles. The molecule has 110 valence electrons. The van der Waals surface area contributed by atoms with Gasteiger partial charge in [-0.2, -0.15) is 0 Å². The summed E-state index contributed by atoms with van der Waals surface area (Å²) in [4.78, 5) is 11.6. The van der Waals surface area contributed by atoms with Gasteiger partial charge in [0.25, 0.3) is 5.91 Å². The quantitative estimate of drug-likeness (QED) is 0.794. The first-order valence-electron chi connectivity index (χ1n) is 6.93. The number of furan rings is 1. The van der Waals surface area contributed by atoms with E-state index in [1.165, 1.54) is 0 Å². The first kappa shape index (κ1) is 14.9. The summed E-state index contributed by atoms with van der Waals surface area (Å²) in [5.74, 6) is 1.50. The van der Waals surface area contributed by atoms with E-state index in [2.05, 4.69) is 11.9 Å². The van der Waals surface area contributed by atoms with Gasteiger partial charge in [-0.3, -0.25) is 4.79 Å². The van der Waals surface area contributed by atoms with Gasteiger partial charge < -0.3 is 14.5 Å². The molecule has 1 aromatic carbocycles. The molecule has 2 aromatic rings. The van der Waals surface area contributed by atoms with Crippen molar-refractivity contribution in [2.75, 3.05) is 6.54 Å². The first-order chi connectivity index (χ1) is 10.2. The van der Waals surface area contributed by atoms with Crippen molar-refractivity contribution in [1.82, 2.24) is 5.32 Å². The van der Waals surface area contributed by atoms with Crippen molar-refractivity contribution in [3.05, 3.63) is 66.1 Å². The van der Waals surface area contributed by atoms with Gasteiger partial charge in [-0.05, 0) is 37.1 Å². The van der Waals surface area contributed by atoms with E-state index >= 15 is 0 Å². The predicted molar refractivity (Wildman–Crippen MR) is 81.4 cm³/mol. The summed E-state index contributed by atoms with van der Waals surface area (Å²) >= 11 is 0. The second kappa shape index (κ2) is 7.33. The van der Waals surface area contributed by atoms with E-state index in [4.69, 9.17) is 9.15 Å². The van der Waals surface area contributed by atoms with Gasteiger partial charge in [-0.25, -0.2) is 0 Å². The number of ether oxygens (including phenoxy) is 1. The summed E-state index contributed by atoms with van der Waals surface area (Å²) in [6.45, 7) is 6.45. The zero-order chi connectivity index (χ0) is 15.1. The van der Waals surface area contributed by atoms with Crippen molar-refractivity contribution in [2.45, 2.75) is 20.0 Å². The molecule has 0 aliphatic rings. The lowest BCUT2D eigenvalue weighted by atomic mass is 10.1. The fourth-order valence-electron chi connectivity index (χ4n) is 1.94. The van der Waals surface area contributed by atoms with E-state index in [1.54, 1.807) is 12.1 Å². The maximum absolute atomic E-state index is 11.6. The summed E-state index contributed by atoms with van der Waals surface area (Å²) in [5, 5.41) is 2.69. The molecule has 0 unspecified atom stereocenters. The molecule has 0 saturated heterocycles. The molecule has 2 rings (SSSR count). The van der Waals surface area contributed by atoms with E-state index in [9.17, 15) is 4.79 Å². The number of allylic oxidation sites excluding steroid dienone is 1. The van der Waals surface area contributed by atoms with Gasteiger partial charge >= 0.3 is 0 Å². The predicted octanol–water partition coefficient (Wildman–Crippen LogP) is 3.34. The second-order valence-corrected chi connectivity index (χ2v) is 4.51. The van der Waals surface area contributed by atoms with Crippen molar-refractivity contribution in [1.29, 1.82) is 0 Å². The molecule has 21 heavy (non-hydrogen) atoms. The molecule has 0 radical (unpaired) electrons. The van der Waals surface area contributed by atoms with Crippen LogP contribution in [-0.2, 0) is 13.0 Å². The van der Waals surface area contributed by atoms with Crippen molar-refractivity contribution in [3.8, 4) is 5.75 Å². The third kappa shape index (κ3) is 3.99. The SMILES string of the molecule is C=CCc1ccccc1OCc1ccc(C(=O)NCC)o1. The third-order valence-corrected chi connectivity index (χ3v) is 2.93. The Hall–Kier alpha value is -2.49.